The first kappa shape index (κ1) is 19.2. The highest BCUT2D eigenvalue weighted by Crippen LogP contribution is 2.33. The highest BCUT2D eigenvalue weighted by molar-refractivity contribution is 5.90. The number of furan rings is 1. The van der Waals surface area contributed by atoms with Crippen LogP contribution in [0.1, 0.15) is 68.5 Å². The van der Waals surface area contributed by atoms with Crippen molar-refractivity contribution in [2.24, 2.45) is 5.92 Å². The molecule has 6 heteroatoms. The summed E-state index contributed by atoms with van der Waals surface area (Å²) < 4.78 is 5.84. The number of hydrogen-bond acceptors (Lipinski definition) is 5. The molecule has 1 saturated heterocycles. The van der Waals surface area contributed by atoms with Gasteiger partial charge in [-0.1, -0.05) is 25.7 Å². The molecule has 0 spiro atoms. The van der Waals surface area contributed by atoms with E-state index in [1.54, 1.807) is 0 Å². The number of carbonyl (C=O) groups excluding carboxylic acids is 1. The highest BCUT2D eigenvalue weighted by atomic mass is 16.3. The molecule has 1 unspecified atom stereocenters. The largest absolute Gasteiger partial charge is 0.443 e. The van der Waals surface area contributed by atoms with Crippen LogP contribution in [0.5, 0.6) is 0 Å². The molecular weight excluding hydrogens is 352 g/mol. The van der Waals surface area contributed by atoms with Crippen LogP contribution in [0.25, 0.3) is 11.1 Å². The first-order chi connectivity index (χ1) is 13.5. The molecule has 2 aromatic heterocycles. The zero-order chi connectivity index (χ0) is 19.7. The van der Waals surface area contributed by atoms with Crippen molar-refractivity contribution in [3.63, 3.8) is 0 Å². The van der Waals surface area contributed by atoms with Gasteiger partial charge in [-0.2, -0.15) is 4.98 Å². The molecule has 2 aromatic rings. The van der Waals surface area contributed by atoms with Gasteiger partial charge in [-0.25, -0.2) is 4.98 Å². The third kappa shape index (κ3) is 3.87. The third-order valence-electron chi connectivity index (χ3n) is 6.41. The predicted molar refractivity (Wildman–Crippen MR) is 111 cm³/mol. The maximum atomic E-state index is 13.0. The molecule has 1 N–H and O–H groups in total. The summed E-state index contributed by atoms with van der Waals surface area (Å²) in [6.07, 6.45) is 9.28. The van der Waals surface area contributed by atoms with Crippen molar-refractivity contribution in [3.05, 3.63) is 17.1 Å². The zero-order valence-corrected chi connectivity index (χ0v) is 17.4. The fourth-order valence-electron chi connectivity index (χ4n) is 4.69. The minimum atomic E-state index is 0.0237. The van der Waals surface area contributed by atoms with E-state index < -0.39 is 0 Å². The lowest BCUT2D eigenvalue weighted by Crippen LogP contribution is -2.46. The number of aryl methyl sites for hydroxylation is 3. The summed E-state index contributed by atoms with van der Waals surface area (Å²) in [5.41, 5.74) is 1.75. The number of rotatable bonds is 3. The Labute approximate surface area is 167 Å². The van der Waals surface area contributed by atoms with Crippen molar-refractivity contribution in [2.75, 3.05) is 18.0 Å². The Kier molecular flexibility index (Phi) is 5.56. The average Bonchev–Trinajstić information content (AvgIpc) is 2.86. The van der Waals surface area contributed by atoms with Crippen LogP contribution in [0.3, 0.4) is 0 Å². The fourth-order valence-corrected chi connectivity index (χ4v) is 4.69. The Morgan fingerprint density at radius 1 is 1.04 bits per heavy atom. The monoisotopic (exact) mass is 384 g/mol. The molecule has 3 heterocycles. The lowest BCUT2D eigenvalue weighted by molar-refractivity contribution is -0.126. The Balaban J connectivity index is 1.52. The molecule has 2 aliphatic rings. The minimum Gasteiger partial charge on any atom is -0.443 e. The van der Waals surface area contributed by atoms with E-state index in [1.807, 2.05) is 13.8 Å². The molecule has 4 rings (SSSR count). The highest BCUT2D eigenvalue weighted by Gasteiger charge is 2.30. The van der Waals surface area contributed by atoms with E-state index in [4.69, 9.17) is 9.40 Å². The van der Waals surface area contributed by atoms with Gasteiger partial charge in [0.15, 0.2) is 0 Å². The summed E-state index contributed by atoms with van der Waals surface area (Å²) in [4.78, 5) is 24.4. The van der Waals surface area contributed by atoms with Gasteiger partial charge < -0.3 is 14.6 Å². The van der Waals surface area contributed by atoms with Gasteiger partial charge >= 0.3 is 0 Å². The topological polar surface area (TPSA) is 71.3 Å². The lowest BCUT2D eigenvalue weighted by Gasteiger charge is -2.34. The number of aromatic nitrogens is 2. The van der Waals surface area contributed by atoms with Gasteiger partial charge in [-0.05, 0) is 46.5 Å². The zero-order valence-electron chi connectivity index (χ0n) is 17.4. The van der Waals surface area contributed by atoms with Crippen molar-refractivity contribution >= 4 is 22.8 Å². The van der Waals surface area contributed by atoms with Crippen molar-refractivity contribution in [2.45, 2.75) is 78.2 Å². The summed E-state index contributed by atoms with van der Waals surface area (Å²) in [7, 11) is 0. The van der Waals surface area contributed by atoms with Crippen LogP contribution in [0, 0.1) is 26.7 Å². The second-order valence-corrected chi connectivity index (χ2v) is 8.54. The van der Waals surface area contributed by atoms with Crippen molar-refractivity contribution < 1.29 is 9.21 Å². The van der Waals surface area contributed by atoms with E-state index in [0.717, 1.165) is 54.8 Å². The molecule has 6 nitrogen and oxygen atoms in total. The second kappa shape index (κ2) is 8.10. The SMILES string of the molecule is Cc1nc(N2CCCC(C(=O)NC3CCCCCC3)C2)c2c(C)c(C)oc2n1. The maximum absolute atomic E-state index is 13.0. The van der Waals surface area contributed by atoms with Crippen LogP contribution in [0.2, 0.25) is 0 Å². The third-order valence-corrected chi connectivity index (χ3v) is 6.41. The van der Waals surface area contributed by atoms with Crippen LogP contribution in [-0.4, -0.2) is 35.0 Å². The molecule has 2 fully saturated rings. The quantitative estimate of drug-likeness (QED) is 0.803. The lowest BCUT2D eigenvalue weighted by atomic mass is 9.96. The van der Waals surface area contributed by atoms with Gasteiger partial charge in [0.25, 0.3) is 0 Å². The molecule has 1 saturated carbocycles. The number of carbonyl (C=O) groups is 1. The predicted octanol–water partition coefficient (Wildman–Crippen LogP) is 4.20. The summed E-state index contributed by atoms with van der Waals surface area (Å²) in [6, 6.07) is 0.358. The number of amides is 1. The molecule has 1 amide bonds. The number of anilines is 1. The first-order valence-electron chi connectivity index (χ1n) is 10.8. The summed E-state index contributed by atoms with van der Waals surface area (Å²) in [5.74, 6) is 2.76. The standard InChI is InChI=1S/C22H32N4O2/c1-14-15(2)28-22-19(14)20(23-16(3)24-22)26-12-8-9-17(13-26)21(27)25-18-10-6-4-5-7-11-18/h17-18H,4-13H2,1-3H3,(H,25,27). The van der Waals surface area contributed by atoms with Crippen molar-refractivity contribution in [1.29, 1.82) is 0 Å². The Bertz CT molecular complexity index is 852. The van der Waals surface area contributed by atoms with Crippen LogP contribution >= 0.6 is 0 Å². The van der Waals surface area contributed by atoms with Crippen molar-refractivity contribution in [1.82, 2.24) is 15.3 Å². The van der Waals surface area contributed by atoms with Crippen molar-refractivity contribution in [3.8, 4) is 0 Å². The molecule has 1 aliphatic carbocycles. The molecule has 1 aliphatic heterocycles. The first-order valence-corrected chi connectivity index (χ1v) is 10.8. The van der Waals surface area contributed by atoms with Crippen LogP contribution < -0.4 is 10.2 Å². The maximum Gasteiger partial charge on any atom is 0.231 e. The minimum absolute atomic E-state index is 0.0237. The van der Waals surface area contributed by atoms with Crippen LogP contribution in [0.4, 0.5) is 5.82 Å². The molecule has 0 aromatic carbocycles. The summed E-state index contributed by atoms with van der Waals surface area (Å²) in [5, 5.41) is 4.34. The average molecular weight is 385 g/mol. The van der Waals surface area contributed by atoms with Crippen LogP contribution in [0.15, 0.2) is 4.42 Å². The second-order valence-electron chi connectivity index (χ2n) is 8.54. The molecule has 152 valence electrons. The number of fused-ring (bicyclic) bond motifs is 1. The normalized spacial score (nSPS) is 21.7. The van der Waals surface area contributed by atoms with Gasteiger partial charge in [0, 0.05) is 24.7 Å². The molecule has 0 bridgehead atoms. The van der Waals surface area contributed by atoms with Gasteiger partial charge in [-0.15, -0.1) is 0 Å². The van der Waals surface area contributed by atoms with E-state index in [0.29, 0.717) is 24.1 Å². The van der Waals surface area contributed by atoms with E-state index in [1.165, 1.54) is 25.7 Å². The van der Waals surface area contributed by atoms with E-state index >= 15 is 0 Å². The molecule has 0 radical (unpaired) electrons. The smallest absolute Gasteiger partial charge is 0.231 e. The fraction of sp³-hybridized carbons (Fsp3) is 0.682. The Hall–Kier alpha value is -2.11. The van der Waals surface area contributed by atoms with E-state index in [2.05, 4.69) is 22.1 Å². The number of nitrogens with one attached hydrogen (secondary N) is 1. The van der Waals surface area contributed by atoms with E-state index in [-0.39, 0.29) is 11.8 Å². The van der Waals surface area contributed by atoms with Gasteiger partial charge in [-0.3, -0.25) is 4.79 Å². The van der Waals surface area contributed by atoms with Gasteiger partial charge in [0.2, 0.25) is 11.6 Å². The van der Waals surface area contributed by atoms with Crippen LogP contribution in [-0.2, 0) is 4.79 Å². The van der Waals surface area contributed by atoms with Gasteiger partial charge in [0.05, 0.1) is 11.3 Å². The Morgan fingerprint density at radius 3 is 2.54 bits per heavy atom. The number of hydrogen-bond donors (Lipinski definition) is 1. The molecule has 28 heavy (non-hydrogen) atoms. The number of piperidine rings is 1. The summed E-state index contributed by atoms with van der Waals surface area (Å²) >= 11 is 0. The van der Waals surface area contributed by atoms with E-state index in [9.17, 15) is 4.79 Å². The van der Waals surface area contributed by atoms with Gasteiger partial charge in [0.1, 0.15) is 17.4 Å². The Morgan fingerprint density at radius 2 is 1.79 bits per heavy atom. The summed E-state index contributed by atoms with van der Waals surface area (Å²) in [6.45, 7) is 7.56. The number of nitrogens with zero attached hydrogens (tertiary/aromatic N) is 3. The molecule has 1 atom stereocenters. The molecular formula is C22H32N4O2.